The quantitative estimate of drug-likeness (QED) is 0.498. The summed E-state index contributed by atoms with van der Waals surface area (Å²) in [7, 11) is 0.877. The van der Waals surface area contributed by atoms with Crippen LogP contribution in [-0.2, 0) is 0 Å². The summed E-state index contributed by atoms with van der Waals surface area (Å²) in [5.74, 6) is 0. The molecule has 0 aromatic heterocycles. The molecule has 4 rings (SSSR count). The van der Waals surface area contributed by atoms with Crippen molar-refractivity contribution in [3.63, 3.8) is 0 Å². The van der Waals surface area contributed by atoms with Gasteiger partial charge in [-0.1, -0.05) is 35.4 Å². The molecule has 2 aliphatic rings. The number of rotatable bonds is 2. The van der Waals surface area contributed by atoms with Gasteiger partial charge >= 0.3 is 0 Å². The van der Waals surface area contributed by atoms with Gasteiger partial charge in [-0.3, -0.25) is 0 Å². The van der Waals surface area contributed by atoms with Gasteiger partial charge in [-0.25, -0.2) is 0 Å². The summed E-state index contributed by atoms with van der Waals surface area (Å²) in [5, 5.41) is 0. The van der Waals surface area contributed by atoms with E-state index in [9.17, 15) is 0 Å². The fourth-order valence-corrected chi connectivity index (χ4v) is 6.83. The molecule has 2 atom stereocenters. The zero-order valence-electron chi connectivity index (χ0n) is 18.0. The number of benzene rings is 2. The summed E-state index contributed by atoms with van der Waals surface area (Å²) >= 11 is 0. The molecule has 0 aliphatic heterocycles. The standard InChI is InChI=1S/C26H30Si/c1-13-9-21-17(5)19(7)25(23(21)11-15(13)3)27-26-20(8)18(6)22-10-14(2)16(4)12-24(22)26/h9-12,25-26H,1-8H3. The maximum absolute atomic E-state index is 2.46. The zero-order valence-corrected chi connectivity index (χ0v) is 19.0. The number of hydrogen-bond acceptors (Lipinski definition) is 0. The molecule has 2 radical (unpaired) electrons. The Kier molecular flexibility index (Phi) is 4.34. The van der Waals surface area contributed by atoms with Gasteiger partial charge in [0.2, 0.25) is 0 Å². The highest BCUT2D eigenvalue weighted by atomic mass is 28.2. The predicted octanol–water partition coefficient (Wildman–Crippen LogP) is 7.02. The Balaban J connectivity index is 1.79. The van der Waals surface area contributed by atoms with Crippen LogP contribution in [0.1, 0.15) is 83.3 Å². The SMILES string of the molecule is CC1=C(C)C([Si]C2C(C)=C(C)c3cc(C)c(C)cc32)c2cc(C)c(C)cc21. The molecule has 2 aliphatic carbocycles. The zero-order chi connectivity index (χ0) is 19.6. The largest absolute Gasteiger partial charge is 0.0678 e. The fraction of sp³-hybridized carbons (Fsp3) is 0.385. The van der Waals surface area contributed by atoms with Crippen molar-refractivity contribution < 1.29 is 0 Å². The van der Waals surface area contributed by atoms with Gasteiger partial charge in [0.05, 0.1) is 9.52 Å². The molecule has 1 heteroatoms. The van der Waals surface area contributed by atoms with E-state index in [1.165, 1.54) is 44.5 Å². The van der Waals surface area contributed by atoms with Crippen molar-refractivity contribution in [2.75, 3.05) is 0 Å². The van der Waals surface area contributed by atoms with E-state index in [0.717, 1.165) is 9.52 Å². The van der Waals surface area contributed by atoms with Crippen LogP contribution in [0.5, 0.6) is 0 Å². The van der Waals surface area contributed by atoms with Crippen molar-refractivity contribution in [1.29, 1.82) is 0 Å². The summed E-state index contributed by atoms with van der Waals surface area (Å²) in [4.78, 5) is 0. The van der Waals surface area contributed by atoms with Gasteiger partial charge in [0.15, 0.2) is 0 Å². The van der Waals surface area contributed by atoms with E-state index in [4.69, 9.17) is 0 Å². The first kappa shape index (κ1) is 18.5. The third-order valence-corrected chi connectivity index (χ3v) is 9.30. The van der Waals surface area contributed by atoms with Crippen LogP contribution in [0.2, 0.25) is 0 Å². The molecule has 0 saturated carbocycles. The Morgan fingerprint density at radius 2 is 0.852 bits per heavy atom. The maximum Gasteiger partial charge on any atom is 0.0678 e. The van der Waals surface area contributed by atoms with Crippen LogP contribution in [0.25, 0.3) is 11.1 Å². The van der Waals surface area contributed by atoms with Crippen molar-refractivity contribution >= 4 is 20.7 Å². The van der Waals surface area contributed by atoms with E-state index in [0.29, 0.717) is 11.1 Å². The third-order valence-electron chi connectivity index (χ3n) is 7.14. The Labute approximate surface area is 167 Å². The van der Waals surface area contributed by atoms with Crippen molar-refractivity contribution in [1.82, 2.24) is 0 Å². The molecule has 138 valence electrons. The minimum Gasteiger partial charge on any atom is -0.0655 e. The summed E-state index contributed by atoms with van der Waals surface area (Å²) in [5.41, 5.74) is 19.1. The van der Waals surface area contributed by atoms with Gasteiger partial charge in [0.25, 0.3) is 0 Å². The topological polar surface area (TPSA) is 0 Å². The predicted molar refractivity (Wildman–Crippen MR) is 120 cm³/mol. The first-order chi connectivity index (χ1) is 12.7. The molecule has 0 N–H and O–H groups in total. The molecule has 0 amide bonds. The molecule has 2 aromatic rings. The molecular formula is C26H30Si. The van der Waals surface area contributed by atoms with Crippen LogP contribution in [0.15, 0.2) is 35.4 Å². The molecule has 0 spiro atoms. The Morgan fingerprint density at radius 1 is 0.519 bits per heavy atom. The summed E-state index contributed by atoms with van der Waals surface area (Å²) in [6.45, 7) is 18.3. The van der Waals surface area contributed by atoms with Gasteiger partial charge < -0.3 is 0 Å². The van der Waals surface area contributed by atoms with Crippen LogP contribution in [0.4, 0.5) is 0 Å². The Bertz CT molecular complexity index is 949. The molecule has 0 nitrogen and oxygen atoms in total. The van der Waals surface area contributed by atoms with Gasteiger partial charge in [0, 0.05) is 0 Å². The average Bonchev–Trinajstić information content (AvgIpc) is 2.98. The number of hydrogen-bond donors (Lipinski definition) is 0. The van der Waals surface area contributed by atoms with E-state index in [2.05, 4.69) is 79.7 Å². The van der Waals surface area contributed by atoms with Crippen molar-refractivity contribution in [2.45, 2.75) is 66.5 Å². The third kappa shape index (κ3) is 2.70. The Morgan fingerprint density at radius 3 is 1.22 bits per heavy atom. The summed E-state index contributed by atoms with van der Waals surface area (Å²) in [6, 6.07) is 9.76. The molecule has 2 unspecified atom stereocenters. The lowest BCUT2D eigenvalue weighted by molar-refractivity contribution is 1.03. The van der Waals surface area contributed by atoms with E-state index in [1.807, 2.05) is 0 Å². The minimum absolute atomic E-state index is 0.569. The summed E-state index contributed by atoms with van der Waals surface area (Å²) < 4.78 is 0. The van der Waals surface area contributed by atoms with Crippen LogP contribution >= 0.6 is 0 Å². The molecule has 0 saturated heterocycles. The van der Waals surface area contributed by atoms with Crippen molar-refractivity contribution in [2.24, 2.45) is 0 Å². The second-order valence-corrected chi connectivity index (χ2v) is 10.2. The number of aryl methyl sites for hydroxylation is 4. The van der Waals surface area contributed by atoms with Crippen molar-refractivity contribution in [3.8, 4) is 0 Å². The highest BCUT2D eigenvalue weighted by Gasteiger charge is 2.35. The fourth-order valence-electron chi connectivity index (χ4n) is 4.72. The highest BCUT2D eigenvalue weighted by Crippen LogP contribution is 2.48. The van der Waals surface area contributed by atoms with Crippen molar-refractivity contribution in [3.05, 3.63) is 79.9 Å². The second kappa shape index (κ2) is 6.34. The van der Waals surface area contributed by atoms with Crippen LogP contribution < -0.4 is 0 Å². The monoisotopic (exact) mass is 370 g/mol. The van der Waals surface area contributed by atoms with E-state index >= 15 is 0 Å². The van der Waals surface area contributed by atoms with Crippen LogP contribution in [0.3, 0.4) is 0 Å². The molecule has 2 aromatic carbocycles. The van der Waals surface area contributed by atoms with E-state index < -0.39 is 0 Å². The van der Waals surface area contributed by atoms with Gasteiger partial charge in [0.1, 0.15) is 0 Å². The highest BCUT2D eigenvalue weighted by molar-refractivity contribution is 6.44. The first-order valence-electron chi connectivity index (χ1n) is 10.0. The smallest absolute Gasteiger partial charge is 0.0655 e. The Hall–Kier alpha value is -1.86. The molecule has 0 bridgehead atoms. The molecule has 0 heterocycles. The second-order valence-electron chi connectivity index (χ2n) is 8.70. The first-order valence-corrected chi connectivity index (χ1v) is 11.2. The molecule has 27 heavy (non-hydrogen) atoms. The van der Waals surface area contributed by atoms with Gasteiger partial charge in [-0.15, -0.1) is 0 Å². The average molecular weight is 371 g/mol. The lowest BCUT2D eigenvalue weighted by Gasteiger charge is -2.22. The lowest BCUT2D eigenvalue weighted by atomic mass is 9.99. The van der Waals surface area contributed by atoms with E-state index in [1.54, 1.807) is 22.3 Å². The molecular weight excluding hydrogens is 340 g/mol. The van der Waals surface area contributed by atoms with Gasteiger partial charge in [-0.2, -0.15) is 0 Å². The minimum atomic E-state index is 0.569. The number of allylic oxidation sites excluding steroid dienone is 4. The normalized spacial score (nSPS) is 21.2. The van der Waals surface area contributed by atoms with Crippen LogP contribution in [0, 0.1) is 27.7 Å². The van der Waals surface area contributed by atoms with Crippen LogP contribution in [-0.4, -0.2) is 9.52 Å². The molecule has 0 fully saturated rings. The number of fused-ring (bicyclic) bond motifs is 2. The maximum atomic E-state index is 2.46. The van der Waals surface area contributed by atoms with Gasteiger partial charge in [-0.05, 0) is 122 Å². The van der Waals surface area contributed by atoms with E-state index in [-0.39, 0.29) is 0 Å². The lowest BCUT2D eigenvalue weighted by Crippen LogP contribution is -2.17. The summed E-state index contributed by atoms with van der Waals surface area (Å²) in [6.07, 6.45) is 0.